The second kappa shape index (κ2) is 9.35. The van der Waals surface area contributed by atoms with Gasteiger partial charge in [-0.05, 0) is 0 Å². The minimum absolute atomic E-state index is 0. The van der Waals surface area contributed by atoms with E-state index >= 15 is 0 Å². The van der Waals surface area contributed by atoms with Gasteiger partial charge in [0.25, 0.3) is 0 Å². The normalized spacial score (nSPS) is 9.69. The van der Waals surface area contributed by atoms with Gasteiger partial charge in [-0.25, -0.2) is 9.13 Å². The first-order chi connectivity index (χ1) is 4.71. The SMILES string of the molecule is O=P(O)(O)OP(=O)(O)O.[C-]#N.[Cu+].[Cu]. The second-order valence-corrected chi connectivity index (χ2v) is 3.68. The van der Waals surface area contributed by atoms with Gasteiger partial charge >= 0.3 is 32.7 Å². The zero-order chi connectivity index (χ0) is 9.71. The van der Waals surface area contributed by atoms with Crippen LogP contribution in [-0.2, 0) is 47.6 Å². The van der Waals surface area contributed by atoms with Crippen molar-refractivity contribution >= 4 is 15.6 Å². The fraction of sp³-hybridized carbons (Fsp3) is 0. The van der Waals surface area contributed by atoms with Crippen molar-refractivity contribution in [3.05, 3.63) is 6.57 Å². The zero-order valence-electron chi connectivity index (χ0n) is 5.46. The van der Waals surface area contributed by atoms with Crippen LogP contribution in [0, 0.1) is 11.8 Å². The van der Waals surface area contributed by atoms with Crippen LogP contribution in [-0.4, -0.2) is 19.6 Å². The Bertz CT molecular complexity index is 196. The van der Waals surface area contributed by atoms with Crippen molar-refractivity contribution in [2.24, 2.45) is 0 Å². The second-order valence-electron chi connectivity index (χ2n) is 1.06. The van der Waals surface area contributed by atoms with Crippen LogP contribution in [0.5, 0.6) is 0 Å². The van der Waals surface area contributed by atoms with Crippen molar-refractivity contribution < 1.29 is 67.2 Å². The Morgan fingerprint density at radius 2 is 1.15 bits per heavy atom. The van der Waals surface area contributed by atoms with Crippen LogP contribution in [0.4, 0.5) is 0 Å². The Morgan fingerprint density at radius 1 is 1.00 bits per heavy atom. The maximum atomic E-state index is 9.63. The molecule has 0 amide bonds. The summed E-state index contributed by atoms with van der Waals surface area (Å²) in [5, 5.41) is 6.25. The summed E-state index contributed by atoms with van der Waals surface area (Å²) in [7, 11) is -10.1. The van der Waals surface area contributed by atoms with Crippen molar-refractivity contribution in [1.29, 1.82) is 5.26 Å². The summed E-state index contributed by atoms with van der Waals surface area (Å²) >= 11 is 0. The Balaban J connectivity index is -0.0000000941. The van der Waals surface area contributed by atoms with Crippen molar-refractivity contribution in [1.82, 2.24) is 0 Å². The van der Waals surface area contributed by atoms with Crippen LogP contribution >= 0.6 is 15.6 Å². The molecule has 0 aliphatic heterocycles. The van der Waals surface area contributed by atoms with E-state index in [0.29, 0.717) is 0 Å². The summed E-state index contributed by atoms with van der Waals surface area (Å²) in [5.74, 6) is 0. The van der Waals surface area contributed by atoms with Gasteiger partial charge < -0.3 is 31.4 Å². The topological polar surface area (TPSA) is 148 Å². The zero-order valence-corrected chi connectivity index (χ0v) is 9.13. The summed E-state index contributed by atoms with van der Waals surface area (Å²) in [6.45, 7) is 4.75. The summed E-state index contributed by atoms with van der Waals surface area (Å²) in [6, 6.07) is 0. The summed E-state index contributed by atoms with van der Waals surface area (Å²) in [5.41, 5.74) is 0. The van der Waals surface area contributed by atoms with Gasteiger partial charge in [0.15, 0.2) is 0 Å². The molecule has 0 fully saturated rings. The molecule has 0 saturated heterocycles. The van der Waals surface area contributed by atoms with E-state index in [1.165, 1.54) is 0 Å². The number of hydrogen-bond acceptors (Lipinski definition) is 4. The van der Waals surface area contributed by atoms with E-state index in [0.717, 1.165) is 0 Å². The molecule has 0 heterocycles. The first-order valence-corrected chi connectivity index (χ1v) is 4.81. The third-order valence-corrected chi connectivity index (χ3v) is 1.91. The Labute approximate surface area is 94.7 Å². The number of hydrogen-bond donors (Lipinski definition) is 4. The molecular formula is CH4Cu2NO7P2. The van der Waals surface area contributed by atoms with Gasteiger partial charge in [0.1, 0.15) is 0 Å². The van der Waals surface area contributed by atoms with E-state index in [1.807, 2.05) is 0 Å². The van der Waals surface area contributed by atoms with Gasteiger partial charge in [-0.3, -0.25) is 0 Å². The van der Waals surface area contributed by atoms with Crippen LogP contribution in [0.3, 0.4) is 0 Å². The van der Waals surface area contributed by atoms with Gasteiger partial charge in [-0.15, -0.1) is 0 Å². The fourth-order valence-corrected chi connectivity index (χ4v) is 1.25. The molecule has 0 aromatic carbocycles. The molecule has 0 aromatic rings. The van der Waals surface area contributed by atoms with E-state index in [9.17, 15) is 9.13 Å². The molecular weight excluding hydrogens is 327 g/mol. The molecule has 12 heteroatoms. The first kappa shape index (κ1) is 23.5. The number of nitrogens with zero attached hydrogens (tertiary/aromatic N) is 1. The van der Waals surface area contributed by atoms with E-state index in [-0.39, 0.29) is 34.1 Å². The third-order valence-electron chi connectivity index (χ3n) is 0.213. The Hall–Kier alpha value is 0.789. The van der Waals surface area contributed by atoms with Crippen molar-refractivity contribution in [3.63, 3.8) is 0 Å². The minimum Gasteiger partial charge on any atom is -0.512 e. The number of phosphoric acid groups is 2. The average molecular weight is 331 g/mol. The number of rotatable bonds is 2. The van der Waals surface area contributed by atoms with E-state index < -0.39 is 15.6 Å². The summed E-state index contributed by atoms with van der Waals surface area (Å²) in [6.07, 6.45) is 0. The average Bonchev–Trinajstić information content (AvgIpc) is 1.60. The maximum absolute atomic E-state index is 9.63. The van der Waals surface area contributed by atoms with Gasteiger partial charge in [0, 0.05) is 17.1 Å². The van der Waals surface area contributed by atoms with Gasteiger partial charge in [-0.2, -0.15) is 4.31 Å². The van der Waals surface area contributed by atoms with Crippen LogP contribution in [0.1, 0.15) is 0 Å². The molecule has 87 valence electrons. The van der Waals surface area contributed by atoms with Gasteiger partial charge in [0.2, 0.25) is 0 Å². The minimum atomic E-state index is -5.05. The van der Waals surface area contributed by atoms with Crippen molar-refractivity contribution in [2.75, 3.05) is 0 Å². The first-order valence-electron chi connectivity index (χ1n) is 1.75. The van der Waals surface area contributed by atoms with Crippen LogP contribution < -0.4 is 0 Å². The quantitative estimate of drug-likeness (QED) is 0.294. The van der Waals surface area contributed by atoms with Gasteiger partial charge in [0.05, 0.1) is 0 Å². The largest absolute Gasteiger partial charge is 1.00 e. The molecule has 0 saturated carbocycles. The third kappa shape index (κ3) is 32.3. The van der Waals surface area contributed by atoms with Crippen molar-refractivity contribution in [2.45, 2.75) is 0 Å². The Kier molecular flexibility index (Phi) is 16.9. The molecule has 13 heavy (non-hydrogen) atoms. The van der Waals surface area contributed by atoms with Crippen LogP contribution in [0.2, 0.25) is 0 Å². The monoisotopic (exact) mass is 330 g/mol. The Morgan fingerprint density at radius 3 is 1.15 bits per heavy atom. The fourth-order valence-electron chi connectivity index (χ4n) is 0.139. The predicted octanol–water partition coefficient (Wildman–Crippen LogP) is -0.720. The maximum Gasteiger partial charge on any atom is 1.00 e. The van der Waals surface area contributed by atoms with Crippen LogP contribution in [0.25, 0.3) is 0 Å². The van der Waals surface area contributed by atoms with E-state index in [2.05, 4.69) is 4.31 Å². The van der Waals surface area contributed by atoms with E-state index in [1.54, 1.807) is 0 Å². The molecule has 8 nitrogen and oxygen atoms in total. The molecule has 1 radical (unpaired) electrons. The molecule has 0 spiro atoms. The molecule has 0 aromatic heterocycles. The summed E-state index contributed by atoms with van der Waals surface area (Å²) in [4.78, 5) is 31.0. The van der Waals surface area contributed by atoms with Gasteiger partial charge in [-0.1, -0.05) is 0 Å². The molecule has 0 aliphatic carbocycles. The molecule has 0 bridgehead atoms. The predicted molar refractivity (Wildman–Crippen MR) is 30.1 cm³/mol. The molecule has 4 N–H and O–H groups in total. The van der Waals surface area contributed by atoms with Crippen LogP contribution in [0.15, 0.2) is 0 Å². The molecule has 0 rings (SSSR count). The smallest absolute Gasteiger partial charge is 0.512 e. The standard InChI is InChI=1S/CN.2Cu.H4O7P2/c1-2;;;1-8(2,3)7-9(4,5)6/h;;;(H2,1,2,3)(H2,4,5,6)/q-1;;+1;. The molecule has 0 aliphatic rings. The van der Waals surface area contributed by atoms with Crippen molar-refractivity contribution in [3.8, 4) is 0 Å². The molecule has 0 atom stereocenters. The molecule has 0 unspecified atom stereocenters. The van der Waals surface area contributed by atoms with E-state index in [4.69, 9.17) is 31.4 Å². The summed E-state index contributed by atoms with van der Waals surface area (Å²) < 4.78 is 22.2.